The first-order valence-electron chi connectivity index (χ1n) is 8.17. The van der Waals surface area contributed by atoms with Crippen LogP contribution in [-0.4, -0.2) is 48.0 Å². The van der Waals surface area contributed by atoms with Gasteiger partial charge in [-0.05, 0) is 31.4 Å². The van der Waals surface area contributed by atoms with Crippen molar-refractivity contribution in [3.63, 3.8) is 0 Å². The van der Waals surface area contributed by atoms with E-state index in [1.807, 2.05) is 0 Å². The van der Waals surface area contributed by atoms with E-state index in [0.29, 0.717) is 32.0 Å². The second-order valence-electron chi connectivity index (χ2n) is 6.48. The third-order valence-electron chi connectivity index (χ3n) is 4.81. The maximum Gasteiger partial charge on any atom is 0.416 e. The molecule has 1 saturated carbocycles. The Balaban J connectivity index is 1.60. The monoisotopic (exact) mass is 342 g/mol. The Hall–Kier alpha value is -1.83. The highest BCUT2D eigenvalue weighted by molar-refractivity contribution is 5.79. The van der Waals surface area contributed by atoms with Gasteiger partial charge in [0.25, 0.3) is 0 Å². The maximum absolute atomic E-state index is 12.8. The number of anilines is 1. The summed E-state index contributed by atoms with van der Waals surface area (Å²) in [5.41, 5.74) is 5.16. The summed E-state index contributed by atoms with van der Waals surface area (Å²) < 4.78 is 38.4. The SMILES string of the molecule is NC1CCC(C(=O)N2CCN(c3cc(C(F)(F)F)ccn3)CC2)C1. The summed E-state index contributed by atoms with van der Waals surface area (Å²) in [5.74, 6) is 0.428. The number of carbonyl (C=O) groups is 1. The zero-order valence-corrected chi connectivity index (χ0v) is 13.3. The summed E-state index contributed by atoms with van der Waals surface area (Å²) in [4.78, 5) is 20.1. The Morgan fingerprint density at radius 3 is 2.50 bits per heavy atom. The molecule has 0 spiro atoms. The van der Waals surface area contributed by atoms with Crippen LogP contribution in [0.15, 0.2) is 18.3 Å². The molecule has 1 aromatic heterocycles. The summed E-state index contributed by atoms with van der Waals surface area (Å²) in [6, 6.07) is 2.13. The fourth-order valence-electron chi connectivity index (χ4n) is 3.42. The van der Waals surface area contributed by atoms with Crippen molar-refractivity contribution >= 4 is 11.7 Å². The van der Waals surface area contributed by atoms with Crippen LogP contribution < -0.4 is 10.6 Å². The van der Waals surface area contributed by atoms with Gasteiger partial charge in [0.2, 0.25) is 5.91 Å². The number of hydrogen-bond donors (Lipinski definition) is 1. The zero-order valence-electron chi connectivity index (χ0n) is 13.3. The molecule has 24 heavy (non-hydrogen) atoms. The van der Waals surface area contributed by atoms with Gasteiger partial charge < -0.3 is 15.5 Å². The van der Waals surface area contributed by atoms with Gasteiger partial charge in [0, 0.05) is 44.3 Å². The number of amides is 1. The molecule has 1 amide bonds. The molecular weight excluding hydrogens is 321 g/mol. The number of carbonyl (C=O) groups excluding carboxylic acids is 1. The number of nitrogens with zero attached hydrogens (tertiary/aromatic N) is 3. The lowest BCUT2D eigenvalue weighted by molar-refractivity contribution is -0.137. The molecule has 0 radical (unpaired) electrons. The molecule has 1 aromatic rings. The van der Waals surface area contributed by atoms with Crippen LogP contribution in [0.3, 0.4) is 0 Å². The van der Waals surface area contributed by atoms with Crippen molar-refractivity contribution in [3.05, 3.63) is 23.9 Å². The number of rotatable bonds is 2. The molecule has 5 nitrogen and oxygen atoms in total. The first kappa shape index (κ1) is 17.0. The van der Waals surface area contributed by atoms with Crippen LogP contribution in [-0.2, 0) is 11.0 Å². The van der Waals surface area contributed by atoms with Crippen LogP contribution in [0, 0.1) is 5.92 Å². The van der Waals surface area contributed by atoms with Crippen LogP contribution in [0.2, 0.25) is 0 Å². The minimum atomic E-state index is -4.38. The second kappa shape index (κ2) is 6.58. The van der Waals surface area contributed by atoms with Gasteiger partial charge in [-0.15, -0.1) is 0 Å². The molecule has 8 heteroatoms. The normalized spacial score (nSPS) is 25.2. The number of halogens is 3. The van der Waals surface area contributed by atoms with Crippen molar-refractivity contribution in [1.29, 1.82) is 0 Å². The molecule has 132 valence electrons. The van der Waals surface area contributed by atoms with Gasteiger partial charge in [0.05, 0.1) is 5.56 Å². The summed E-state index contributed by atoms with van der Waals surface area (Å²) in [6.45, 7) is 1.97. The number of hydrogen-bond acceptors (Lipinski definition) is 4. The molecule has 2 heterocycles. The third kappa shape index (κ3) is 3.63. The van der Waals surface area contributed by atoms with Crippen LogP contribution >= 0.6 is 0 Å². The van der Waals surface area contributed by atoms with E-state index in [2.05, 4.69) is 4.98 Å². The van der Waals surface area contributed by atoms with Crippen LogP contribution in [0.25, 0.3) is 0 Å². The Labute approximate surface area is 138 Å². The van der Waals surface area contributed by atoms with E-state index in [0.717, 1.165) is 31.4 Å². The number of nitrogens with two attached hydrogens (primary N) is 1. The van der Waals surface area contributed by atoms with Crippen molar-refractivity contribution in [3.8, 4) is 0 Å². The fourth-order valence-corrected chi connectivity index (χ4v) is 3.42. The Bertz CT molecular complexity index is 599. The Morgan fingerprint density at radius 1 is 1.21 bits per heavy atom. The minimum Gasteiger partial charge on any atom is -0.353 e. The van der Waals surface area contributed by atoms with Crippen LogP contribution in [0.4, 0.5) is 19.0 Å². The first-order chi connectivity index (χ1) is 11.3. The second-order valence-corrected chi connectivity index (χ2v) is 6.48. The van der Waals surface area contributed by atoms with Crippen molar-refractivity contribution in [1.82, 2.24) is 9.88 Å². The lowest BCUT2D eigenvalue weighted by atomic mass is 10.1. The maximum atomic E-state index is 12.8. The van der Waals surface area contributed by atoms with Crippen molar-refractivity contribution in [2.24, 2.45) is 11.7 Å². The molecule has 2 atom stereocenters. The molecule has 1 saturated heterocycles. The fraction of sp³-hybridized carbons (Fsp3) is 0.625. The minimum absolute atomic E-state index is 0.00164. The Morgan fingerprint density at radius 2 is 1.92 bits per heavy atom. The number of aromatic nitrogens is 1. The number of alkyl halides is 3. The van der Waals surface area contributed by atoms with Gasteiger partial charge in [-0.25, -0.2) is 4.98 Å². The quantitative estimate of drug-likeness (QED) is 0.891. The van der Waals surface area contributed by atoms with Crippen LogP contribution in [0.5, 0.6) is 0 Å². The highest BCUT2D eigenvalue weighted by atomic mass is 19.4. The van der Waals surface area contributed by atoms with E-state index >= 15 is 0 Å². The summed E-state index contributed by atoms with van der Waals surface area (Å²) >= 11 is 0. The molecule has 2 N–H and O–H groups in total. The van der Waals surface area contributed by atoms with Crippen molar-refractivity contribution in [2.45, 2.75) is 31.5 Å². The predicted molar refractivity (Wildman–Crippen MR) is 83.3 cm³/mol. The molecule has 0 bridgehead atoms. The summed E-state index contributed by atoms with van der Waals surface area (Å²) in [5, 5.41) is 0. The summed E-state index contributed by atoms with van der Waals surface area (Å²) in [7, 11) is 0. The zero-order chi connectivity index (χ0) is 17.3. The lowest BCUT2D eigenvalue weighted by Gasteiger charge is -2.36. The van der Waals surface area contributed by atoms with Crippen molar-refractivity contribution in [2.75, 3.05) is 31.1 Å². The van der Waals surface area contributed by atoms with Gasteiger partial charge >= 0.3 is 6.18 Å². The van der Waals surface area contributed by atoms with E-state index < -0.39 is 11.7 Å². The molecule has 2 unspecified atom stereocenters. The van der Waals surface area contributed by atoms with Gasteiger partial charge in [0.15, 0.2) is 0 Å². The summed E-state index contributed by atoms with van der Waals surface area (Å²) in [6.07, 6.45) is -0.763. The average molecular weight is 342 g/mol. The van der Waals surface area contributed by atoms with Gasteiger partial charge in [-0.3, -0.25) is 4.79 Å². The molecule has 2 aliphatic rings. The highest BCUT2D eigenvalue weighted by Crippen LogP contribution is 2.31. The van der Waals surface area contributed by atoms with Gasteiger partial charge in [-0.2, -0.15) is 13.2 Å². The molecule has 1 aliphatic heterocycles. The molecule has 3 rings (SSSR count). The molecular formula is C16H21F3N4O. The first-order valence-corrected chi connectivity index (χ1v) is 8.17. The van der Waals surface area contributed by atoms with Gasteiger partial charge in [0.1, 0.15) is 5.82 Å². The number of piperazine rings is 1. The van der Waals surface area contributed by atoms with Crippen LogP contribution in [0.1, 0.15) is 24.8 Å². The smallest absolute Gasteiger partial charge is 0.353 e. The van der Waals surface area contributed by atoms with E-state index in [1.165, 1.54) is 6.20 Å². The molecule has 1 aliphatic carbocycles. The van der Waals surface area contributed by atoms with E-state index in [1.54, 1.807) is 9.80 Å². The number of pyridine rings is 1. The average Bonchev–Trinajstić information content (AvgIpc) is 3.00. The third-order valence-corrected chi connectivity index (χ3v) is 4.81. The van der Waals surface area contributed by atoms with Crippen molar-refractivity contribution < 1.29 is 18.0 Å². The van der Waals surface area contributed by atoms with E-state index in [4.69, 9.17) is 5.73 Å². The van der Waals surface area contributed by atoms with E-state index in [9.17, 15) is 18.0 Å². The Kier molecular flexibility index (Phi) is 4.67. The topological polar surface area (TPSA) is 62.5 Å². The largest absolute Gasteiger partial charge is 0.416 e. The predicted octanol–water partition coefficient (Wildman–Crippen LogP) is 1.88. The molecule has 0 aromatic carbocycles. The highest BCUT2D eigenvalue weighted by Gasteiger charge is 2.34. The standard InChI is InChI=1S/C16H21F3N4O/c17-16(18,19)12-3-4-21-14(10-12)22-5-7-23(8-6-22)15(24)11-1-2-13(20)9-11/h3-4,10-11,13H,1-2,5-9,20H2. The van der Waals surface area contributed by atoms with E-state index in [-0.39, 0.29) is 17.9 Å². The van der Waals surface area contributed by atoms with Gasteiger partial charge in [-0.1, -0.05) is 0 Å². The molecule has 2 fully saturated rings. The lowest BCUT2D eigenvalue weighted by Crippen LogP contribution is -2.50.